The molecule has 0 spiro atoms. The van der Waals surface area contributed by atoms with Crippen molar-refractivity contribution in [1.29, 1.82) is 0 Å². The molecule has 1 atom stereocenters. The summed E-state index contributed by atoms with van der Waals surface area (Å²) in [6.45, 7) is 9.24. The second kappa shape index (κ2) is 6.51. The topological polar surface area (TPSA) is 55.8 Å². The number of halogens is 1. The molecular formula is C21H23ClO4. The number of rotatable bonds is 2. The van der Waals surface area contributed by atoms with Crippen LogP contribution in [0.3, 0.4) is 0 Å². The number of carbonyl (C=O) groups excluding carboxylic acids is 1. The van der Waals surface area contributed by atoms with E-state index in [0.29, 0.717) is 34.9 Å². The number of phenolic OH excluding ortho intramolecular Hbond substituents is 1. The van der Waals surface area contributed by atoms with Gasteiger partial charge in [-0.2, -0.15) is 0 Å². The number of aromatic hydroxyl groups is 1. The lowest BCUT2D eigenvalue weighted by Crippen LogP contribution is -2.41. The van der Waals surface area contributed by atoms with Gasteiger partial charge in [-0.3, -0.25) is 0 Å². The van der Waals surface area contributed by atoms with E-state index >= 15 is 0 Å². The van der Waals surface area contributed by atoms with Crippen molar-refractivity contribution < 1.29 is 19.4 Å². The van der Waals surface area contributed by atoms with Gasteiger partial charge in [0.2, 0.25) is 0 Å². The minimum atomic E-state index is -1.06. The Morgan fingerprint density at radius 1 is 1.19 bits per heavy atom. The molecule has 0 amide bonds. The molecule has 0 aromatic heterocycles. The molecule has 1 N–H and O–H groups in total. The molecule has 4 nitrogen and oxygen atoms in total. The number of hydrogen-bond acceptors (Lipinski definition) is 4. The number of phenols is 1. The van der Waals surface area contributed by atoms with Crippen molar-refractivity contribution in [3.63, 3.8) is 0 Å². The minimum Gasteiger partial charge on any atom is -0.507 e. The van der Waals surface area contributed by atoms with Crippen LogP contribution in [0.2, 0.25) is 5.02 Å². The Hall–Kier alpha value is -2.20. The van der Waals surface area contributed by atoms with Crippen molar-refractivity contribution in [3.05, 3.63) is 56.6 Å². The first kappa shape index (κ1) is 18.6. The Balaban J connectivity index is 1.90. The van der Waals surface area contributed by atoms with E-state index < -0.39 is 11.8 Å². The van der Waals surface area contributed by atoms with Gasteiger partial charge in [-0.25, -0.2) is 4.79 Å². The van der Waals surface area contributed by atoms with Crippen molar-refractivity contribution in [2.24, 2.45) is 0 Å². The van der Waals surface area contributed by atoms with Gasteiger partial charge in [-0.1, -0.05) is 11.6 Å². The fourth-order valence-electron chi connectivity index (χ4n) is 3.41. The lowest BCUT2D eigenvalue weighted by molar-refractivity contribution is -0.142. The zero-order valence-corrected chi connectivity index (χ0v) is 16.5. The Labute approximate surface area is 158 Å². The first-order valence-electron chi connectivity index (χ1n) is 8.63. The molecule has 0 saturated carbocycles. The lowest BCUT2D eigenvalue weighted by Gasteiger charge is -2.37. The van der Waals surface area contributed by atoms with Crippen LogP contribution in [0.15, 0.2) is 18.2 Å². The van der Waals surface area contributed by atoms with Gasteiger partial charge in [0.15, 0.2) is 0 Å². The first-order chi connectivity index (χ1) is 12.1. The van der Waals surface area contributed by atoms with Crippen LogP contribution in [0.4, 0.5) is 0 Å². The van der Waals surface area contributed by atoms with E-state index in [1.54, 1.807) is 25.1 Å². The highest BCUT2D eigenvalue weighted by Gasteiger charge is 2.38. The molecule has 1 aliphatic rings. The van der Waals surface area contributed by atoms with Gasteiger partial charge in [-0.05, 0) is 74.6 Å². The minimum absolute atomic E-state index is 0.308. The van der Waals surface area contributed by atoms with Crippen LogP contribution in [0.1, 0.15) is 51.5 Å². The number of fused-ring (bicyclic) bond motifs is 1. The zero-order chi connectivity index (χ0) is 19.2. The van der Waals surface area contributed by atoms with Crippen LogP contribution >= 0.6 is 11.6 Å². The van der Waals surface area contributed by atoms with Gasteiger partial charge >= 0.3 is 5.97 Å². The predicted octanol–water partition coefficient (Wildman–Crippen LogP) is 5.18. The summed E-state index contributed by atoms with van der Waals surface area (Å²) in [7, 11) is 0. The molecule has 26 heavy (non-hydrogen) atoms. The smallest absolute Gasteiger partial charge is 0.341 e. The normalized spacial score (nSPS) is 18.8. The summed E-state index contributed by atoms with van der Waals surface area (Å²) in [4.78, 5) is 12.6. The van der Waals surface area contributed by atoms with E-state index in [1.807, 2.05) is 27.7 Å². The lowest BCUT2D eigenvalue weighted by atomic mass is 9.91. The fraction of sp³-hybridized carbons (Fsp3) is 0.381. The number of aryl methyl sites for hydroxylation is 1. The predicted molar refractivity (Wildman–Crippen MR) is 101 cm³/mol. The standard InChI is InChI=1S/C21H23ClO4/c1-11-10-15(22)6-7-16(11)20(24)26-21(5)9-8-17-14(4)18(23)12(2)13(3)19(17)25-21/h6-7,10,23H,8-9H2,1-5H3. The van der Waals surface area contributed by atoms with Crippen LogP contribution in [0.25, 0.3) is 0 Å². The Morgan fingerprint density at radius 3 is 2.54 bits per heavy atom. The first-order valence-corrected chi connectivity index (χ1v) is 9.01. The van der Waals surface area contributed by atoms with Crippen LogP contribution in [-0.4, -0.2) is 16.9 Å². The quantitative estimate of drug-likeness (QED) is 0.736. The second-order valence-electron chi connectivity index (χ2n) is 7.12. The van der Waals surface area contributed by atoms with E-state index in [2.05, 4.69) is 0 Å². The SMILES string of the molecule is Cc1cc(Cl)ccc1C(=O)OC1(C)CCc2c(C)c(O)c(C)c(C)c2O1. The Kier molecular flexibility index (Phi) is 4.65. The molecule has 5 heteroatoms. The van der Waals surface area contributed by atoms with E-state index in [0.717, 1.165) is 27.8 Å². The molecular weight excluding hydrogens is 352 g/mol. The summed E-state index contributed by atoms with van der Waals surface area (Å²) in [6, 6.07) is 5.07. The van der Waals surface area contributed by atoms with E-state index in [1.165, 1.54) is 0 Å². The van der Waals surface area contributed by atoms with Crippen molar-refractivity contribution in [2.75, 3.05) is 0 Å². The van der Waals surface area contributed by atoms with E-state index in [9.17, 15) is 9.90 Å². The largest absolute Gasteiger partial charge is 0.507 e. The summed E-state index contributed by atoms with van der Waals surface area (Å²) in [5, 5.41) is 10.8. The second-order valence-corrected chi connectivity index (χ2v) is 7.55. The van der Waals surface area contributed by atoms with Gasteiger partial charge in [0.25, 0.3) is 5.79 Å². The van der Waals surface area contributed by atoms with Gasteiger partial charge < -0.3 is 14.6 Å². The van der Waals surface area contributed by atoms with Gasteiger partial charge in [0.05, 0.1) is 5.56 Å². The van der Waals surface area contributed by atoms with Crippen molar-refractivity contribution in [2.45, 2.75) is 53.2 Å². The van der Waals surface area contributed by atoms with Crippen LogP contribution in [0.5, 0.6) is 11.5 Å². The highest BCUT2D eigenvalue weighted by Crippen LogP contribution is 2.43. The molecule has 0 radical (unpaired) electrons. The number of benzene rings is 2. The fourth-order valence-corrected chi connectivity index (χ4v) is 3.63. The molecule has 138 valence electrons. The summed E-state index contributed by atoms with van der Waals surface area (Å²) in [5.41, 5.74) is 4.68. The van der Waals surface area contributed by atoms with Crippen LogP contribution < -0.4 is 4.74 Å². The number of carbonyl (C=O) groups is 1. The molecule has 0 aliphatic carbocycles. The molecule has 0 bridgehead atoms. The third-order valence-electron chi connectivity index (χ3n) is 5.20. The number of esters is 1. The Bertz CT molecular complexity index is 904. The van der Waals surface area contributed by atoms with Crippen molar-refractivity contribution in [3.8, 4) is 11.5 Å². The molecule has 0 saturated heterocycles. The van der Waals surface area contributed by atoms with E-state index in [4.69, 9.17) is 21.1 Å². The molecule has 0 fully saturated rings. The summed E-state index contributed by atoms with van der Waals surface area (Å²) >= 11 is 5.96. The molecule has 3 rings (SSSR count). The maximum Gasteiger partial charge on any atom is 0.341 e. The molecule has 2 aromatic rings. The highest BCUT2D eigenvalue weighted by atomic mass is 35.5. The average molecular weight is 375 g/mol. The summed E-state index contributed by atoms with van der Waals surface area (Å²) in [5.74, 6) is -0.485. The third kappa shape index (κ3) is 3.14. The van der Waals surface area contributed by atoms with Crippen molar-refractivity contribution >= 4 is 17.6 Å². The molecule has 1 unspecified atom stereocenters. The maximum atomic E-state index is 12.6. The third-order valence-corrected chi connectivity index (χ3v) is 5.44. The van der Waals surface area contributed by atoms with Gasteiger partial charge in [-0.15, -0.1) is 0 Å². The summed E-state index contributed by atoms with van der Waals surface area (Å²) < 4.78 is 11.9. The van der Waals surface area contributed by atoms with Gasteiger partial charge in [0, 0.05) is 23.9 Å². The molecule has 1 aliphatic heterocycles. The monoisotopic (exact) mass is 374 g/mol. The number of ether oxygens (including phenoxy) is 2. The van der Waals surface area contributed by atoms with Crippen molar-refractivity contribution in [1.82, 2.24) is 0 Å². The number of hydrogen-bond donors (Lipinski definition) is 1. The summed E-state index contributed by atoms with van der Waals surface area (Å²) in [6.07, 6.45) is 1.18. The van der Waals surface area contributed by atoms with Crippen LogP contribution in [0, 0.1) is 27.7 Å². The van der Waals surface area contributed by atoms with E-state index in [-0.39, 0.29) is 0 Å². The zero-order valence-electron chi connectivity index (χ0n) is 15.7. The molecule has 1 heterocycles. The van der Waals surface area contributed by atoms with Crippen LogP contribution in [-0.2, 0) is 11.2 Å². The Morgan fingerprint density at radius 2 is 1.88 bits per heavy atom. The van der Waals surface area contributed by atoms with Gasteiger partial charge in [0.1, 0.15) is 11.5 Å². The maximum absolute atomic E-state index is 12.6. The highest BCUT2D eigenvalue weighted by molar-refractivity contribution is 6.30. The molecule has 2 aromatic carbocycles. The average Bonchev–Trinajstić information content (AvgIpc) is 2.57.